The summed E-state index contributed by atoms with van der Waals surface area (Å²) in [6.07, 6.45) is 14.1. The van der Waals surface area contributed by atoms with E-state index >= 15 is 0 Å². The van der Waals surface area contributed by atoms with Crippen LogP contribution in [-0.2, 0) is 25.8 Å². The Balaban J connectivity index is 0.000000364. The molecule has 0 N–H and O–H groups in total. The minimum Gasteiger partial charge on any atom is -0.250 e. The first-order valence-corrected chi connectivity index (χ1v) is 8.04. The molecule has 0 bridgehead atoms. The van der Waals surface area contributed by atoms with Crippen molar-refractivity contribution in [3.8, 4) is 0 Å². The second-order valence-electron chi connectivity index (χ2n) is 6.12. The number of hydrogen-bond donors (Lipinski definition) is 0. The number of hydrogen-bond acceptors (Lipinski definition) is 0. The average molecular weight is 449 g/mol. The summed E-state index contributed by atoms with van der Waals surface area (Å²) in [5, 5.41) is 0. The van der Waals surface area contributed by atoms with E-state index in [0.29, 0.717) is 0 Å². The zero-order chi connectivity index (χ0) is 15.1. The van der Waals surface area contributed by atoms with Crippen LogP contribution in [0.25, 0.3) is 0 Å². The molecule has 2 rings (SSSR count). The van der Waals surface area contributed by atoms with Gasteiger partial charge in [0, 0.05) is 25.8 Å². The summed E-state index contributed by atoms with van der Waals surface area (Å²) < 4.78 is 0. The van der Waals surface area contributed by atoms with Gasteiger partial charge < -0.3 is 0 Å². The fourth-order valence-electron chi connectivity index (χ4n) is 2.64. The summed E-state index contributed by atoms with van der Waals surface area (Å²) in [5.41, 5.74) is 8.73. The van der Waals surface area contributed by atoms with E-state index in [1.165, 1.54) is 72.0 Å². The molecule has 0 aromatic heterocycles. The van der Waals surface area contributed by atoms with Gasteiger partial charge in [-0.1, -0.05) is 66.2 Å². The van der Waals surface area contributed by atoms with E-state index in [4.69, 9.17) is 0 Å². The third-order valence-electron chi connectivity index (χ3n) is 4.07. The van der Waals surface area contributed by atoms with Gasteiger partial charge in [0.1, 0.15) is 0 Å². The first-order chi connectivity index (χ1) is 9.47. The van der Waals surface area contributed by atoms with E-state index < -0.39 is 0 Å². The Bertz CT molecular complexity index is 414. The summed E-state index contributed by atoms with van der Waals surface area (Å²) in [6, 6.07) is 0. The maximum absolute atomic E-state index is 3.40. The van der Waals surface area contributed by atoms with Gasteiger partial charge in [0.2, 0.25) is 0 Å². The summed E-state index contributed by atoms with van der Waals surface area (Å²) in [5.74, 6) is 0. The molecule has 21 heavy (non-hydrogen) atoms. The van der Waals surface area contributed by atoms with E-state index in [2.05, 4.69) is 53.7 Å². The van der Waals surface area contributed by atoms with Crippen molar-refractivity contribution in [3.05, 3.63) is 45.6 Å². The Hall–Kier alpha value is -0.170. The zero-order valence-corrected chi connectivity index (χ0v) is 18.3. The van der Waals surface area contributed by atoms with Gasteiger partial charge in [0.15, 0.2) is 0 Å². The van der Waals surface area contributed by atoms with Gasteiger partial charge in [-0.2, -0.15) is 11.1 Å². The monoisotopic (exact) mass is 450 g/mol. The number of rotatable bonds is 4. The van der Waals surface area contributed by atoms with Crippen LogP contribution in [0.3, 0.4) is 0 Å². The molecule has 0 aliphatic heterocycles. The van der Waals surface area contributed by atoms with Crippen molar-refractivity contribution < 1.29 is 25.8 Å². The third-order valence-corrected chi connectivity index (χ3v) is 4.07. The Kier molecular flexibility index (Phi) is 10.5. The molecular weight excluding hydrogens is 419 g/mol. The Labute approximate surface area is 151 Å². The van der Waals surface area contributed by atoms with Crippen LogP contribution >= 0.6 is 0 Å². The van der Waals surface area contributed by atoms with Gasteiger partial charge in [-0.05, 0) is 0 Å². The van der Waals surface area contributed by atoms with Crippen LogP contribution in [0.1, 0.15) is 80.1 Å². The number of allylic oxidation sites excluding steroid dienone is 8. The van der Waals surface area contributed by atoms with Crippen LogP contribution in [0, 0.1) is 12.2 Å². The smallest absolute Gasteiger partial charge is 0 e. The molecule has 116 valence electrons. The minimum absolute atomic E-state index is 0. The van der Waals surface area contributed by atoms with Gasteiger partial charge in [-0.15, -0.1) is 13.8 Å². The normalized spacial score (nSPS) is 17.2. The summed E-state index contributed by atoms with van der Waals surface area (Å²) in [4.78, 5) is 0. The standard InChI is InChI=1S/2C10H15.Hf/c2*1-4-5-10-6-8(2)9(3)7-10;/h2*4-6H2,1-3H3;/q2*-1;. The molecule has 0 saturated heterocycles. The van der Waals surface area contributed by atoms with Crippen LogP contribution in [0.15, 0.2) is 33.4 Å². The van der Waals surface area contributed by atoms with Crippen molar-refractivity contribution in [2.24, 2.45) is 0 Å². The molecule has 0 aromatic rings. The van der Waals surface area contributed by atoms with Crippen molar-refractivity contribution >= 4 is 0 Å². The Morgan fingerprint density at radius 3 is 1.24 bits per heavy atom. The van der Waals surface area contributed by atoms with E-state index in [-0.39, 0.29) is 25.8 Å². The second-order valence-corrected chi connectivity index (χ2v) is 6.12. The van der Waals surface area contributed by atoms with Crippen molar-refractivity contribution in [2.45, 2.75) is 80.1 Å². The molecule has 0 radical (unpaired) electrons. The summed E-state index contributed by atoms with van der Waals surface area (Å²) >= 11 is 0. The van der Waals surface area contributed by atoms with Gasteiger partial charge >= 0.3 is 0 Å². The minimum atomic E-state index is 0. The predicted molar refractivity (Wildman–Crippen MR) is 89.3 cm³/mol. The molecule has 0 atom stereocenters. The molecule has 0 heterocycles. The van der Waals surface area contributed by atoms with Crippen molar-refractivity contribution in [2.75, 3.05) is 0 Å². The molecule has 0 saturated carbocycles. The molecule has 2 aliphatic carbocycles. The summed E-state index contributed by atoms with van der Waals surface area (Å²) in [7, 11) is 0. The molecule has 0 amide bonds. The van der Waals surface area contributed by atoms with E-state index in [1.54, 1.807) is 0 Å². The maximum Gasteiger partial charge on any atom is 0 e. The van der Waals surface area contributed by atoms with Crippen molar-refractivity contribution in [3.63, 3.8) is 0 Å². The van der Waals surface area contributed by atoms with Crippen LogP contribution in [0.5, 0.6) is 0 Å². The zero-order valence-electron chi connectivity index (χ0n) is 14.7. The molecule has 0 fully saturated rings. The molecule has 2 aliphatic rings. The largest absolute Gasteiger partial charge is 0.250 e. The van der Waals surface area contributed by atoms with Crippen molar-refractivity contribution in [1.29, 1.82) is 0 Å². The fraction of sp³-hybridized carbons (Fsp3) is 0.600. The predicted octanol–water partition coefficient (Wildman–Crippen LogP) is 6.51. The molecular formula is C20H30Hf-2. The fourth-order valence-corrected chi connectivity index (χ4v) is 2.64. The topological polar surface area (TPSA) is 0 Å². The average Bonchev–Trinajstić information content (AvgIpc) is 2.85. The molecule has 1 heteroatoms. The van der Waals surface area contributed by atoms with E-state index in [1.807, 2.05) is 0 Å². The Morgan fingerprint density at radius 2 is 1.05 bits per heavy atom. The van der Waals surface area contributed by atoms with Gasteiger partial charge in [0.05, 0.1) is 0 Å². The van der Waals surface area contributed by atoms with Gasteiger partial charge in [-0.3, -0.25) is 0 Å². The second kappa shape index (κ2) is 10.5. The van der Waals surface area contributed by atoms with Crippen LogP contribution < -0.4 is 0 Å². The van der Waals surface area contributed by atoms with Gasteiger partial charge in [-0.25, -0.2) is 34.4 Å². The van der Waals surface area contributed by atoms with Crippen LogP contribution in [0.4, 0.5) is 0 Å². The third kappa shape index (κ3) is 7.08. The van der Waals surface area contributed by atoms with E-state index in [0.717, 1.165) is 0 Å². The first kappa shape index (κ1) is 20.8. The first-order valence-electron chi connectivity index (χ1n) is 8.04. The maximum atomic E-state index is 3.40. The quantitative estimate of drug-likeness (QED) is 0.339. The molecule has 0 aromatic carbocycles. The summed E-state index contributed by atoms with van der Waals surface area (Å²) in [6.45, 7) is 13.1. The molecule has 0 nitrogen and oxygen atoms in total. The van der Waals surface area contributed by atoms with Gasteiger partial charge in [0.25, 0.3) is 0 Å². The van der Waals surface area contributed by atoms with Crippen LogP contribution in [-0.4, -0.2) is 0 Å². The van der Waals surface area contributed by atoms with Crippen molar-refractivity contribution in [1.82, 2.24) is 0 Å². The molecule has 0 spiro atoms. The van der Waals surface area contributed by atoms with E-state index in [9.17, 15) is 0 Å². The van der Waals surface area contributed by atoms with Crippen LogP contribution in [0.2, 0.25) is 0 Å². The SMILES string of the molecule is CCCC1=[C-]C(C)=C(C)C1.CCCC1=[C-]C(C)=C(C)C1.[Hf]. The molecule has 0 unspecified atom stereocenters. The Morgan fingerprint density at radius 1 is 0.714 bits per heavy atom.